The van der Waals surface area contributed by atoms with Crippen molar-refractivity contribution in [1.82, 2.24) is 0 Å². The van der Waals surface area contributed by atoms with E-state index in [4.69, 9.17) is 5.63 Å². The second kappa shape index (κ2) is 11.2. The van der Waals surface area contributed by atoms with E-state index >= 15 is 0 Å². The van der Waals surface area contributed by atoms with Gasteiger partial charge in [-0.05, 0) is 0 Å². The van der Waals surface area contributed by atoms with E-state index in [0.29, 0.717) is 0 Å². The standard InChI is InChI=1S/2C13H12O.2C5H5.Zr/c2*1-10-6-8-11(9-7-10)12-4-2-3-5-13(12)14;2*1-2-4-5-3-1;/h2*2-9,14H,1H3;2*1-3H,4H2;/q;;;;+2/p-2. The minimum atomic E-state index is -4.22. The molecule has 0 unspecified atom stereocenters. The number of para-hydroxylation sites is 2. The molecule has 0 spiro atoms. The molecule has 0 N–H and O–H groups in total. The van der Waals surface area contributed by atoms with Crippen molar-refractivity contribution in [2.24, 2.45) is 0 Å². The molecule has 0 aliphatic heterocycles. The van der Waals surface area contributed by atoms with Gasteiger partial charge < -0.3 is 0 Å². The Kier molecular flexibility index (Phi) is 7.35. The predicted molar refractivity (Wildman–Crippen MR) is 158 cm³/mol. The second-order valence-electron chi connectivity index (χ2n) is 10.2. The topological polar surface area (TPSA) is 18.5 Å². The Labute approximate surface area is 237 Å². The summed E-state index contributed by atoms with van der Waals surface area (Å²) in [5.74, 6) is 1.76. The van der Waals surface area contributed by atoms with E-state index in [1.807, 2.05) is 0 Å². The van der Waals surface area contributed by atoms with Gasteiger partial charge in [-0.2, -0.15) is 0 Å². The predicted octanol–water partition coefficient (Wildman–Crippen LogP) is 9.77. The Bertz CT molecular complexity index is 1480. The van der Waals surface area contributed by atoms with Gasteiger partial charge in [0.2, 0.25) is 0 Å². The van der Waals surface area contributed by atoms with E-state index in [-0.39, 0.29) is 0 Å². The monoisotopic (exact) mass is 586 g/mol. The van der Waals surface area contributed by atoms with E-state index in [0.717, 1.165) is 46.6 Å². The van der Waals surface area contributed by atoms with Crippen LogP contribution in [0.2, 0.25) is 0 Å². The summed E-state index contributed by atoms with van der Waals surface area (Å²) in [5, 5.41) is 0. The Balaban J connectivity index is 1.49. The van der Waals surface area contributed by atoms with Gasteiger partial charge in [-0.3, -0.25) is 0 Å². The molecule has 192 valence electrons. The fourth-order valence-electron chi connectivity index (χ4n) is 5.24. The van der Waals surface area contributed by atoms with Gasteiger partial charge in [0, 0.05) is 0 Å². The van der Waals surface area contributed by atoms with Crippen LogP contribution in [-0.2, 0) is 21.1 Å². The zero-order valence-electron chi connectivity index (χ0n) is 22.4. The molecule has 6 rings (SSSR count). The number of allylic oxidation sites excluding steroid dienone is 8. The van der Waals surface area contributed by atoms with Gasteiger partial charge in [0.05, 0.1) is 0 Å². The van der Waals surface area contributed by atoms with Crippen LogP contribution in [0, 0.1) is 13.8 Å². The van der Waals surface area contributed by atoms with Crippen molar-refractivity contribution in [1.29, 1.82) is 0 Å². The van der Waals surface area contributed by atoms with Crippen molar-refractivity contribution in [2.45, 2.75) is 26.7 Å². The number of benzene rings is 4. The summed E-state index contributed by atoms with van der Waals surface area (Å²) in [4.78, 5) is 0. The van der Waals surface area contributed by atoms with Gasteiger partial charge >= 0.3 is 238 Å². The van der Waals surface area contributed by atoms with Crippen LogP contribution in [0.1, 0.15) is 24.0 Å². The van der Waals surface area contributed by atoms with Gasteiger partial charge in [0.1, 0.15) is 0 Å². The maximum absolute atomic E-state index is 7.37. The molecule has 0 aromatic heterocycles. The van der Waals surface area contributed by atoms with Crippen LogP contribution in [0.4, 0.5) is 0 Å². The third kappa shape index (κ3) is 5.29. The van der Waals surface area contributed by atoms with Crippen LogP contribution in [0.3, 0.4) is 0 Å². The summed E-state index contributed by atoms with van der Waals surface area (Å²) in [5.41, 5.74) is 6.96. The molecule has 0 amide bonds. The quantitative estimate of drug-likeness (QED) is 0.204. The first-order chi connectivity index (χ1) is 19.1. The van der Waals surface area contributed by atoms with Gasteiger partial charge in [-0.1, -0.05) is 0 Å². The van der Waals surface area contributed by atoms with Crippen LogP contribution in [0.15, 0.2) is 140 Å². The van der Waals surface area contributed by atoms with Gasteiger partial charge in [-0.25, -0.2) is 0 Å². The van der Waals surface area contributed by atoms with Crippen molar-refractivity contribution in [3.8, 4) is 33.8 Å². The van der Waals surface area contributed by atoms with E-state index in [1.54, 1.807) is 0 Å². The van der Waals surface area contributed by atoms with Crippen LogP contribution in [-0.4, -0.2) is 0 Å². The molecule has 0 saturated carbocycles. The maximum atomic E-state index is 7.37. The Morgan fingerprint density at radius 2 is 0.923 bits per heavy atom. The van der Waals surface area contributed by atoms with Crippen molar-refractivity contribution >= 4 is 0 Å². The second-order valence-corrected chi connectivity index (χ2v) is 17.4. The molecule has 3 heteroatoms. The fraction of sp³-hybridized carbons (Fsp3) is 0.111. The summed E-state index contributed by atoms with van der Waals surface area (Å²) >= 11 is -4.22. The Morgan fingerprint density at radius 3 is 1.31 bits per heavy atom. The minimum absolute atomic E-state index is 0.854. The Morgan fingerprint density at radius 1 is 0.513 bits per heavy atom. The molecule has 0 atom stereocenters. The molecule has 2 aliphatic carbocycles. The molecule has 2 nitrogen and oxygen atoms in total. The third-order valence-electron chi connectivity index (χ3n) is 7.39. The van der Waals surface area contributed by atoms with Gasteiger partial charge in [0.15, 0.2) is 0 Å². The first kappa shape index (κ1) is 25.6. The van der Waals surface area contributed by atoms with Crippen molar-refractivity contribution in [3.05, 3.63) is 151 Å². The average molecular weight is 588 g/mol. The molecule has 39 heavy (non-hydrogen) atoms. The number of hydrogen-bond donors (Lipinski definition) is 0. The normalized spacial score (nSPS) is 14.3. The SMILES string of the molecule is Cc1ccc(-c2ccccc2[O][Zr]([O]c2ccccc2-c2ccc(C)cc2)([C]2=CC=CC2)[C]2=CC=CC2)cc1. The molecule has 0 fully saturated rings. The van der Waals surface area contributed by atoms with E-state index in [9.17, 15) is 0 Å². The number of hydrogen-bond acceptors (Lipinski definition) is 2. The number of aryl methyl sites for hydroxylation is 2. The van der Waals surface area contributed by atoms with Gasteiger partial charge in [0.25, 0.3) is 0 Å². The zero-order valence-corrected chi connectivity index (χ0v) is 24.9. The van der Waals surface area contributed by atoms with E-state index < -0.39 is 21.1 Å². The first-order valence-electron chi connectivity index (χ1n) is 13.5. The molecular weight excluding hydrogens is 556 g/mol. The van der Waals surface area contributed by atoms with E-state index in [2.05, 4.69) is 147 Å². The van der Waals surface area contributed by atoms with Gasteiger partial charge in [-0.15, -0.1) is 0 Å². The molecular formula is C36H32O2Zr. The van der Waals surface area contributed by atoms with Crippen molar-refractivity contribution in [3.63, 3.8) is 0 Å². The Hall–Kier alpha value is -3.68. The zero-order chi connectivity index (χ0) is 26.7. The van der Waals surface area contributed by atoms with Crippen molar-refractivity contribution in [2.75, 3.05) is 0 Å². The third-order valence-corrected chi connectivity index (χ3v) is 15.9. The average Bonchev–Trinajstić information content (AvgIpc) is 3.70. The van der Waals surface area contributed by atoms with Crippen LogP contribution in [0.25, 0.3) is 22.3 Å². The van der Waals surface area contributed by atoms with Crippen LogP contribution >= 0.6 is 0 Å². The number of rotatable bonds is 8. The molecule has 4 aromatic rings. The molecule has 2 aliphatic rings. The molecule has 0 bridgehead atoms. The molecule has 0 heterocycles. The van der Waals surface area contributed by atoms with Crippen molar-refractivity contribution < 1.29 is 26.8 Å². The summed E-state index contributed by atoms with van der Waals surface area (Å²) in [6.45, 7) is 4.23. The summed E-state index contributed by atoms with van der Waals surface area (Å²) in [6, 6.07) is 34.1. The molecule has 4 aromatic carbocycles. The summed E-state index contributed by atoms with van der Waals surface area (Å²) in [6.07, 6.45) is 14.9. The summed E-state index contributed by atoms with van der Waals surface area (Å²) < 4.78 is 17.3. The van der Waals surface area contributed by atoms with E-state index in [1.165, 1.54) is 17.7 Å². The van der Waals surface area contributed by atoms with Crippen LogP contribution < -0.4 is 5.63 Å². The molecule has 0 radical (unpaired) electrons. The fourth-order valence-corrected chi connectivity index (χ4v) is 13.5. The van der Waals surface area contributed by atoms with Crippen LogP contribution in [0.5, 0.6) is 11.5 Å². The first-order valence-corrected chi connectivity index (χ1v) is 18.0. The molecule has 0 saturated heterocycles. The summed E-state index contributed by atoms with van der Waals surface area (Å²) in [7, 11) is 0.